The zero-order valence-corrected chi connectivity index (χ0v) is 12.8. The van der Waals surface area contributed by atoms with Gasteiger partial charge in [-0.25, -0.2) is 8.42 Å². The first-order valence-corrected chi connectivity index (χ1v) is 7.55. The molecule has 0 aliphatic heterocycles. The van der Waals surface area contributed by atoms with E-state index in [0.717, 1.165) is 0 Å². The van der Waals surface area contributed by atoms with Crippen molar-refractivity contribution in [2.45, 2.75) is 18.4 Å². The molecule has 0 aromatic heterocycles. The number of hydrogen-bond acceptors (Lipinski definition) is 3. The van der Waals surface area contributed by atoms with Crippen molar-refractivity contribution in [3.05, 3.63) is 40.4 Å². The van der Waals surface area contributed by atoms with Crippen molar-refractivity contribution in [1.29, 1.82) is 0 Å². The number of aliphatic hydroxyl groups is 1. The highest BCUT2D eigenvalue weighted by Crippen LogP contribution is 2.27. The van der Waals surface area contributed by atoms with Gasteiger partial charge in [-0.05, 0) is 30.2 Å². The largest absolute Gasteiger partial charge is 0.392 e. The summed E-state index contributed by atoms with van der Waals surface area (Å²) in [6.45, 7) is 5.29. The minimum absolute atomic E-state index is 0.199. The number of hydrogen-bond donors (Lipinski definition) is 1. The Hall–Kier alpha value is -0.690. The molecular formula is C12H16BrNO3S. The van der Waals surface area contributed by atoms with E-state index in [1.165, 1.54) is 23.5 Å². The van der Waals surface area contributed by atoms with Gasteiger partial charge in [-0.2, -0.15) is 4.31 Å². The minimum atomic E-state index is -3.57. The summed E-state index contributed by atoms with van der Waals surface area (Å²) in [5.74, 6) is 0. The highest BCUT2D eigenvalue weighted by Gasteiger charge is 2.23. The summed E-state index contributed by atoms with van der Waals surface area (Å²) in [6.07, 6.45) is 1.53. The number of likely N-dealkylation sites (N-methyl/N-ethyl adjacent to an activating group) is 1. The van der Waals surface area contributed by atoms with Gasteiger partial charge in [-0.15, -0.1) is 6.58 Å². The molecule has 18 heavy (non-hydrogen) atoms. The van der Waals surface area contributed by atoms with E-state index in [9.17, 15) is 8.42 Å². The van der Waals surface area contributed by atoms with Crippen molar-refractivity contribution in [1.82, 2.24) is 4.31 Å². The van der Waals surface area contributed by atoms with Crippen LogP contribution in [0.3, 0.4) is 0 Å². The van der Waals surface area contributed by atoms with E-state index < -0.39 is 10.0 Å². The van der Waals surface area contributed by atoms with E-state index in [4.69, 9.17) is 5.11 Å². The van der Waals surface area contributed by atoms with Crippen LogP contribution in [0.1, 0.15) is 11.1 Å². The summed E-state index contributed by atoms with van der Waals surface area (Å²) in [4.78, 5) is 0.199. The number of halogens is 1. The quantitative estimate of drug-likeness (QED) is 0.839. The molecule has 4 nitrogen and oxygen atoms in total. The van der Waals surface area contributed by atoms with E-state index in [1.807, 2.05) is 0 Å². The highest BCUT2D eigenvalue weighted by molar-refractivity contribution is 9.10. The van der Waals surface area contributed by atoms with Gasteiger partial charge in [0.15, 0.2) is 0 Å². The molecule has 100 valence electrons. The minimum Gasteiger partial charge on any atom is -0.392 e. The van der Waals surface area contributed by atoms with Crippen molar-refractivity contribution < 1.29 is 13.5 Å². The van der Waals surface area contributed by atoms with Crippen molar-refractivity contribution in [3.63, 3.8) is 0 Å². The average Bonchev–Trinajstić information content (AvgIpc) is 2.32. The number of benzene rings is 1. The fraction of sp³-hybridized carbons (Fsp3) is 0.333. The Balaban J connectivity index is 3.40. The summed E-state index contributed by atoms with van der Waals surface area (Å²) >= 11 is 3.30. The zero-order valence-electron chi connectivity index (χ0n) is 10.4. The van der Waals surface area contributed by atoms with Gasteiger partial charge >= 0.3 is 0 Å². The Bertz CT molecular complexity index is 555. The van der Waals surface area contributed by atoms with Crippen LogP contribution in [-0.2, 0) is 16.6 Å². The molecule has 0 spiro atoms. The van der Waals surface area contributed by atoms with Crippen LogP contribution in [0.2, 0.25) is 0 Å². The van der Waals surface area contributed by atoms with Gasteiger partial charge in [-0.3, -0.25) is 0 Å². The molecule has 1 aromatic rings. The second-order valence-corrected chi connectivity index (χ2v) is 6.80. The first-order chi connectivity index (χ1) is 8.34. The highest BCUT2D eigenvalue weighted by atomic mass is 79.9. The average molecular weight is 334 g/mol. The van der Waals surface area contributed by atoms with Crippen LogP contribution in [0.15, 0.2) is 34.2 Å². The molecule has 0 fully saturated rings. The van der Waals surface area contributed by atoms with Gasteiger partial charge in [0, 0.05) is 18.1 Å². The van der Waals surface area contributed by atoms with E-state index >= 15 is 0 Å². The molecule has 0 radical (unpaired) electrons. The van der Waals surface area contributed by atoms with Crippen LogP contribution in [0.5, 0.6) is 0 Å². The number of nitrogens with zero attached hydrogens (tertiary/aromatic N) is 1. The lowest BCUT2D eigenvalue weighted by atomic mass is 10.2. The van der Waals surface area contributed by atoms with E-state index in [1.54, 1.807) is 13.0 Å². The fourth-order valence-electron chi connectivity index (χ4n) is 1.51. The van der Waals surface area contributed by atoms with Crippen molar-refractivity contribution >= 4 is 26.0 Å². The first kappa shape index (κ1) is 15.4. The standard InChI is InChI=1S/C12H16BrNO3S/c1-4-5-14(3)18(16,17)12-7-10(8-15)6-11(13)9(12)2/h4,6-7,15H,1,5,8H2,2-3H3. The fourth-order valence-corrected chi connectivity index (χ4v) is 3.59. The number of sulfonamides is 1. The maximum absolute atomic E-state index is 12.3. The van der Waals surface area contributed by atoms with Crippen LogP contribution in [0, 0.1) is 6.92 Å². The number of aliphatic hydroxyl groups excluding tert-OH is 1. The van der Waals surface area contributed by atoms with Crippen molar-refractivity contribution in [2.75, 3.05) is 13.6 Å². The molecule has 0 amide bonds. The Labute approximate surface area is 116 Å². The molecule has 1 rings (SSSR count). The zero-order chi connectivity index (χ0) is 13.9. The third-order valence-electron chi connectivity index (χ3n) is 2.61. The lowest BCUT2D eigenvalue weighted by molar-refractivity contribution is 0.281. The van der Waals surface area contributed by atoms with Gasteiger partial charge in [-0.1, -0.05) is 22.0 Å². The van der Waals surface area contributed by atoms with Crippen LogP contribution >= 0.6 is 15.9 Å². The van der Waals surface area contributed by atoms with Crippen LogP contribution in [0.25, 0.3) is 0 Å². The van der Waals surface area contributed by atoms with Gasteiger partial charge in [0.25, 0.3) is 0 Å². The molecule has 0 heterocycles. The molecule has 0 atom stereocenters. The van der Waals surface area contributed by atoms with Gasteiger partial charge in [0.2, 0.25) is 10.0 Å². The van der Waals surface area contributed by atoms with E-state index in [-0.39, 0.29) is 18.0 Å². The van der Waals surface area contributed by atoms with Gasteiger partial charge < -0.3 is 5.11 Å². The first-order valence-electron chi connectivity index (χ1n) is 5.31. The topological polar surface area (TPSA) is 57.6 Å². The SMILES string of the molecule is C=CCN(C)S(=O)(=O)c1cc(CO)cc(Br)c1C. The molecule has 0 bridgehead atoms. The number of rotatable bonds is 5. The van der Waals surface area contributed by atoms with Crippen molar-refractivity contribution in [3.8, 4) is 0 Å². The summed E-state index contributed by atoms with van der Waals surface area (Å²) in [6, 6.07) is 3.21. The smallest absolute Gasteiger partial charge is 0.243 e. The second kappa shape index (κ2) is 5.97. The van der Waals surface area contributed by atoms with Crippen molar-refractivity contribution in [2.24, 2.45) is 0 Å². The lowest BCUT2D eigenvalue weighted by Crippen LogP contribution is -2.27. The molecule has 0 saturated carbocycles. The Kier molecular flexibility index (Phi) is 5.10. The molecular weight excluding hydrogens is 318 g/mol. The summed E-state index contributed by atoms with van der Waals surface area (Å²) in [5.41, 5.74) is 1.18. The molecule has 0 unspecified atom stereocenters. The second-order valence-electron chi connectivity index (χ2n) is 3.93. The third-order valence-corrected chi connectivity index (χ3v) is 5.39. The molecule has 6 heteroatoms. The summed E-state index contributed by atoms with van der Waals surface area (Å²) in [5, 5.41) is 9.14. The third kappa shape index (κ3) is 3.00. The molecule has 0 aliphatic rings. The molecule has 0 aliphatic carbocycles. The monoisotopic (exact) mass is 333 g/mol. The Morgan fingerprint density at radius 2 is 2.11 bits per heavy atom. The molecule has 0 saturated heterocycles. The van der Waals surface area contributed by atoms with E-state index in [2.05, 4.69) is 22.5 Å². The maximum Gasteiger partial charge on any atom is 0.243 e. The molecule has 1 aromatic carbocycles. The normalized spacial score (nSPS) is 11.8. The van der Waals surface area contributed by atoms with Crippen LogP contribution in [0.4, 0.5) is 0 Å². The van der Waals surface area contributed by atoms with Gasteiger partial charge in [0.05, 0.1) is 11.5 Å². The molecule has 1 N–H and O–H groups in total. The predicted molar refractivity (Wildman–Crippen MR) is 74.8 cm³/mol. The lowest BCUT2D eigenvalue weighted by Gasteiger charge is -2.18. The summed E-state index contributed by atoms with van der Waals surface area (Å²) < 4.78 is 26.6. The summed E-state index contributed by atoms with van der Waals surface area (Å²) in [7, 11) is -2.07. The Morgan fingerprint density at radius 1 is 1.50 bits per heavy atom. The maximum atomic E-state index is 12.3. The van der Waals surface area contributed by atoms with Gasteiger partial charge in [0.1, 0.15) is 0 Å². The van der Waals surface area contributed by atoms with Crippen LogP contribution < -0.4 is 0 Å². The van der Waals surface area contributed by atoms with Crippen LogP contribution in [-0.4, -0.2) is 31.4 Å². The van der Waals surface area contributed by atoms with E-state index in [0.29, 0.717) is 15.6 Å². The Morgan fingerprint density at radius 3 is 2.61 bits per heavy atom. The predicted octanol–water partition coefficient (Wildman–Crippen LogP) is 2.06.